The van der Waals surface area contributed by atoms with Crippen molar-refractivity contribution in [2.45, 2.75) is 24.3 Å². The van der Waals surface area contributed by atoms with Gasteiger partial charge in [-0.2, -0.15) is 0 Å². The number of nitrogens with one attached hydrogen (secondary N) is 1. The van der Waals surface area contributed by atoms with Gasteiger partial charge in [0.2, 0.25) is 10.0 Å². The van der Waals surface area contributed by atoms with Gasteiger partial charge in [-0.25, -0.2) is 17.9 Å². The SMILES string of the molecule is COCCC(C)Nc1ccc(S(N)(=O)=O)cc1F. The van der Waals surface area contributed by atoms with Gasteiger partial charge in [-0.15, -0.1) is 0 Å². The zero-order valence-electron chi connectivity index (χ0n) is 10.3. The first-order valence-corrected chi connectivity index (χ1v) is 6.97. The van der Waals surface area contributed by atoms with Gasteiger partial charge in [-0.1, -0.05) is 0 Å². The van der Waals surface area contributed by atoms with Crippen LogP contribution in [-0.4, -0.2) is 28.2 Å². The Hall–Kier alpha value is -1.18. The molecule has 7 heteroatoms. The Morgan fingerprint density at radius 1 is 1.50 bits per heavy atom. The Morgan fingerprint density at radius 2 is 2.17 bits per heavy atom. The van der Waals surface area contributed by atoms with Crippen molar-refractivity contribution >= 4 is 15.7 Å². The van der Waals surface area contributed by atoms with E-state index in [1.54, 1.807) is 7.11 Å². The molecule has 1 rings (SSSR count). The number of primary sulfonamides is 1. The molecule has 5 nitrogen and oxygen atoms in total. The van der Waals surface area contributed by atoms with Crippen LogP contribution >= 0.6 is 0 Å². The van der Waals surface area contributed by atoms with Gasteiger partial charge in [0.1, 0.15) is 5.82 Å². The van der Waals surface area contributed by atoms with Gasteiger partial charge >= 0.3 is 0 Å². The minimum absolute atomic E-state index is 0.0137. The van der Waals surface area contributed by atoms with E-state index in [2.05, 4.69) is 5.32 Å². The summed E-state index contributed by atoms with van der Waals surface area (Å²) in [4.78, 5) is -0.241. The van der Waals surface area contributed by atoms with Crippen molar-refractivity contribution < 1.29 is 17.5 Å². The Bertz CT molecular complexity index is 505. The van der Waals surface area contributed by atoms with Crippen molar-refractivity contribution in [1.82, 2.24) is 0 Å². The van der Waals surface area contributed by atoms with Crippen LogP contribution in [0, 0.1) is 5.82 Å². The molecule has 102 valence electrons. The lowest BCUT2D eigenvalue weighted by atomic mass is 10.2. The van der Waals surface area contributed by atoms with Gasteiger partial charge in [-0.05, 0) is 31.5 Å². The molecule has 0 aliphatic heterocycles. The first-order chi connectivity index (χ1) is 8.34. The van der Waals surface area contributed by atoms with Crippen molar-refractivity contribution in [3.8, 4) is 0 Å². The van der Waals surface area contributed by atoms with E-state index in [0.29, 0.717) is 13.0 Å². The number of nitrogens with two attached hydrogens (primary N) is 1. The normalized spacial score (nSPS) is 13.3. The average Bonchev–Trinajstić information content (AvgIpc) is 2.27. The monoisotopic (exact) mass is 276 g/mol. The second kappa shape index (κ2) is 6.12. The van der Waals surface area contributed by atoms with E-state index in [4.69, 9.17) is 9.88 Å². The molecule has 0 amide bonds. The Kier molecular flexibility index (Phi) is 5.06. The molecule has 1 atom stereocenters. The molecule has 18 heavy (non-hydrogen) atoms. The number of hydrogen-bond acceptors (Lipinski definition) is 4. The fourth-order valence-electron chi connectivity index (χ4n) is 1.42. The molecule has 1 unspecified atom stereocenters. The highest BCUT2D eigenvalue weighted by atomic mass is 32.2. The quantitative estimate of drug-likeness (QED) is 0.821. The summed E-state index contributed by atoms with van der Waals surface area (Å²) in [7, 11) is -2.28. The van der Waals surface area contributed by atoms with E-state index < -0.39 is 15.8 Å². The standard InChI is InChI=1S/C11H17FN2O3S/c1-8(5-6-17-2)14-11-4-3-9(7-10(11)12)18(13,15)16/h3-4,7-8,14H,5-6H2,1-2H3,(H2,13,15,16). The lowest BCUT2D eigenvalue weighted by Gasteiger charge is -2.15. The largest absolute Gasteiger partial charge is 0.385 e. The fourth-order valence-corrected chi connectivity index (χ4v) is 1.95. The summed E-state index contributed by atoms with van der Waals surface area (Å²) in [5.74, 6) is -0.647. The second-order valence-electron chi connectivity index (χ2n) is 4.01. The highest BCUT2D eigenvalue weighted by Crippen LogP contribution is 2.19. The van der Waals surface area contributed by atoms with Gasteiger partial charge in [0.15, 0.2) is 0 Å². The van der Waals surface area contributed by atoms with Crippen molar-refractivity contribution in [2.75, 3.05) is 19.0 Å². The molecule has 1 aromatic carbocycles. The molecule has 3 N–H and O–H groups in total. The molecule has 0 fully saturated rings. The van der Waals surface area contributed by atoms with Crippen LogP contribution in [0.4, 0.5) is 10.1 Å². The van der Waals surface area contributed by atoms with Crippen molar-refractivity contribution in [3.63, 3.8) is 0 Å². The molecule has 0 aliphatic rings. The van der Waals surface area contributed by atoms with Crippen LogP contribution in [0.1, 0.15) is 13.3 Å². The lowest BCUT2D eigenvalue weighted by molar-refractivity contribution is 0.191. The molecule has 0 aliphatic carbocycles. The highest BCUT2D eigenvalue weighted by Gasteiger charge is 2.12. The van der Waals surface area contributed by atoms with Crippen LogP contribution in [-0.2, 0) is 14.8 Å². The van der Waals surface area contributed by atoms with Crippen LogP contribution in [0.3, 0.4) is 0 Å². The lowest BCUT2D eigenvalue weighted by Crippen LogP contribution is -2.18. The summed E-state index contributed by atoms with van der Waals surface area (Å²) < 4.78 is 40.6. The summed E-state index contributed by atoms with van der Waals surface area (Å²) in [5.41, 5.74) is 0.242. The average molecular weight is 276 g/mol. The third kappa shape index (κ3) is 4.25. The van der Waals surface area contributed by atoms with Crippen LogP contribution in [0.15, 0.2) is 23.1 Å². The van der Waals surface area contributed by atoms with E-state index in [1.165, 1.54) is 12.1 Å². The zero-order valence-corrected chi connectivity index (χ0v) is 11.1. The van der Waals surface area contributed by atoms with E-state index in [-0.39, 0.29) is 16.6 Å². The number of benzene rings is 1. The summed E-state index contributed by atoms with van der Waals surface area (Å²) in [6, 6.07) is 3.54. The summed E-state index contributed by atoms with van der Waals surface area (Å²) in [6.45, 7) is 2.44. The van der Waals surface area contributed by atoms with Crippen LogP contribution in [0.25, 0.3) is 0 Å². The third-order valence-corrected chi connectivity index (χ3v) is 3.34. The number of rotatable bonds is 6. The van der Waals surface area contributed by atoms with E-state index in [9.17, 15) is 12.8 Å². The van der Waals surface area contributed by atoms with Crippen LogP contribution < -0.4 is 10.5 Å². The van der Waals surface area contributed by atoms with Crippen molar-refractivity contribution in [1.29, 1.82) is 0 Å². The molecule has 0 aromatic heterocycles. The van der Waals surface area contributed by atoms with E-state index in [0.717, 1.165) is 6.07 Å². The van der Waals surface area contributed by atoms with Gasteiger partial charge in [0.05, 0.1) is 10.6 Å². The molecule has 0 saturated heterocycles. The number of hydrogen-bond donors (Lipinski definition) is 2. The molecule has 0 heterocycles. The van der Waals surface area contributed by atoms with Gasteiger partial charge < -0.3 is 10.1 Å². The Morgan fingerprint density at radius 3 is 2.67 bits per heavy atom. The van der Waals surface area contributed by atoms with E-state index in [1.807, 2.05) is 6.92 Å². The summed E-state index contributed by atoms with van der Waals surface area (Å²) in [6.07, 6.45) is 0.715. The second-order valence-corrected chi connectivity index (χ2v) is 5.57. The molecule has 0 saturated carbocycles. The van der Waals surface area contributed by atoms with Crippen molar-refractivity contribution in [3.05, 3.63) is 24.0 Å². The molecule has 0 radical (unpaired) electrons. The fraction of sp³-hybridized carbons (Fsp3) is 0.455. The van der Waals surface area contributed by atoms with Crippen LogP contribution in [0.2, 0.25) is 0 Å². The zero-order chi connectivity index (χ0) is 13.8. The topological polar surface area (TPSA) is 81.4 Å². The molecular weight excluding hydrogens is 259 g/mol. The summed E-state index contributed by atoms with van der Waals surface area (Å²) in [5, 5.41) is 7.84. The Labute approximate surface area is 106 Å². The Balaban J connectivity index is 2.80. The molecule has 1 aromatic rings. The number of ether oxygens (including phenoxy) is 1. The number of methoxy groups -OCH3 is 1. The van der Waals surface area contributed by atoms with Crippen LogP contribution in [0.5, 0.6) is 0 Å². The van der Waals surface area contributed by atoms with Gasteiger partial charge in [0, 0.05) is 19.8 Å². The van der Waals surface area contributed by atoms with Gasteiger partial charge in [0.25, 0.3) is 0 Å². The predicted octanol–water partition coefficient (Wildman–Crippen LogP) is 1.31. The minimum atomic E-state index is -3.87. The summed E-state index contributed by atoms with van der Waals surface area (Å²) >= 11 is 0. The molecule has 0 bridgehead atoms. The maximum atomic E-state index is 13.6. The molecule has 0 spiro atoms. The molecular formula is C11H17FN2O3S. The number of halogens is 1. The maximum absolute atomic E-state index is 13.6. The van der Waals surface area contributed by atoms with Gasteiger partial charge in [-0.3, -0.25) is 0 Å². The smallest absolute Gasteiger partial charge is 0.238 e. The third-order valence-electron chi connectivity index (χ3n) is 2.43. The minimum Gasteiger partial charge on any atom is -0.385 e. The number of sulfonamides is 1. The van der Waals surface area contributed by atoms with Crippen molar-refractivity contribution in [2.24, 2.45) is 5.14 Å². The first kappa shape index (κ1) is 14.9. The maximum Gasteiger partial charge on any atom is 0.238 e. The highest BCUT2D eigenvalue weighted by molar-refractivity contribution is 7.89. The van der Waals surface area contributed by atoms with E-state index >= 15 is 0 Å². The number of anilines is 1. The first-order valence-electron chi connectivity index (χ1n) is 5.42. The predicted molar refractivity (Wildman–Crippen MR) is 67.4 cm³/mol.